The van der Waals surface area contributed by atoms with E-state index >= 15 is 0 Å². The molecule has 0 bridgehead atoms. The number of anilines is 1. The topological polar surface area (TPSA) is 85.4 Å². The number of rotatable bonds is 9. The predicted octanol–water partition coefficient (Wildman–Crippen LogP) is 4.68. The zero-order chi connectivity index (χ0) is 27.7. The molecule has 0 atom stereocenters. The van der Waals surface area contributed by atoms with Crippen LogP contribution in [0.25, 0.3) is 28.2 Å². The second kappa shape index (κ2) is 10.6. The number of aryl methyl sites for hydroxylation is 1. The van der Waals surface area contributed by atoms with Gasteiger partial charge in [-0.25, -0.2) is 15.0 Å². The summed E-state index contributed by atoms with van der Waals surface area (Å²) in [5.41, 5.74) is 5.49. The highest BCUT2D eigenvalue weighted by Crippen LogP contribution is 2.26. The Kier molecular flexibility index (Phi) is 6.84. The Morgan fingerprint density at radius 2 is 1.82 bits per heavy atom. The van der Waals surface area contributed by atoms with Crippen LogP contribution in [-0.2, 0) is 13.6 Å². The van der Waals surface area contributed by atoms with Gasteiger partial charge in [-0.05, 0) is 17.2 Å². The van der Waals surface area contributed by atoms with Crippen LogP contribution < -0.4 is 10.1 Å². The van der Waals surface area contributed by atoms with Gasteiger partial charge >= 0.3 is 6.18 Å². The Hall–Kier alpha value is -4.45. The molecule has 0 unspecified atom stereocenters. The molecule has 1 aromatic carbocycles. The number of aromatic nitrogens is 6. The zero-order valence-corrected chi connectivity index (χ0v) is 21.7. The third kappa shape index (κ3) is 5.91. The van der Waals surface area contributed by atoms with E-state index in [4.69, 9.17) is 4.74 Å². The van der Waals surface area contributed by atoms with Crippen LogP contribution in [0, 0.1) is 5.92 Å². The standard InChI is InChI=1S/C28H27F3N8O/c1-37-15-22(11-36-37)21-4-2-19(3-5-21)10-32-26-9-24(34-18-35-26)25-12-33-27-8-23(6-7-39(25)27)40-16-20-13-38(14-20)17-28(29,30)31/h2-9,11-12,15,18,20H,10,13-14,16-17H2,1H3,(H,32,34,35). The summed E-state index contributed by atoms with van der Waals surface area (Å²) < 4.78 is 47.0. The van der Waals surface area contributed by atoms with E-state index in [0.717, 1.165) is 22.4 Å². The normalized spacial score (nSPS) is 14.4. The Balaban J connectivity index is 1.06. The second-order valence-electron chi connectivity index (χ2n) is 9.96. The highest BCUT2D eigenvalue weighted by Gasteiger charge is 2.37. The van der Waals surface area contributed by atoms with Crippen LogP contribution in [0.2, 0.25) is 0 Å². The van der Waals surface area contributed by atoms with E-state index in [1.54, 1.807) is 10.9 Å². The number of hydrogen-bond acceptors (Lipinski definition) is 7. The summed E-state index contributed by atoms with van der Waals surface area (Å²) in [5.74, 6) is 1.40. The van der Waals surface area contributed by atoms with E-state index in [9.17, 15) is 13.2 Å². The fourth-order valence-corrected chi connectivity index (χ4v) is 4.79. The molecule has 0 radical (unpaired) electrons. The maximum absolute atomic E-state index is 12.5. The molecule has 9 nitrogen and oxygen atoms in total. The lowest BCUT2D eigenvalue weighted by Crippen LogP contribution is -2.52. The molecule has 1 aliphatic rings. The first-order valence-corrected chi connectivity index (χ1v) is 12.8. The summed E-state index contributed by atoms with van der Waals surface area (Å²) in [5, 5.41) is 7.58. The maximum atomic E-state index is 12.5. The third-order valence-corrected chi connectivity index (χ3v) is 6.80. The van der Waals surface area contributed by atoms with E-state index in [2.05, 4.69) is 49.6 Å². The highest BCUT2D eigenvalue weighted by atomic mass is 19.4. The zero-order valence-electron chi connectivity index (χ0n) is 21.7. The number of alkyl halides is 3. The summed E-state index contributed by atoms with van der Waals surface area (Å²) >= 11 is 0. The minimum Gasteiger partial charge on any atom is -0.493 e. The SMILES string of the molecule is Cn1cc(-c2ccc(CNc3cc(-c4cnc5cc(OCC6CN(CC(F)(F)F)C6)ccn45)ncn3)cc2)cn1. The highest BCUT2D eigenvalue weighted by molar-refractivity contribution is 5.64. The van der Waals surface area contributed by atoms with Gasteiger partial charge in [0.05, 0.1) is 36.9 Å². The molecule has 1 fully saturated rings. The molecule has 5 heterocycles. The predicted molar refractivity (Wildman–Crippen MR) is 144 cm³/mol. The molecule has 40 heavy (non-hydrogen) atoms. The van der Waals surface area contributed by atoms with E-state index in [0.29, 0.717) is 49.1 Å². The van der Waals surface area contributed by atoms with Gasteiger partial charge in [-0.1, -0.05) is 24.3 Å². The average molecular weight is 549 g/mol. The van der Waals surface area contributed by atoms with Crippen molar-refractivity contribution in [3.63, 3.8) is 0 Å². The smallest absolute Gasteiger partial charge is 0.401 e. The molecular weight excluding hydrogens is 521 g/mol. The summed E-state index contributed by atoms with van der Waals surface area (Å²) in [6.45, 7) is 0.872. The van der Waals surface area contributed by atoms with E-state index in [1.165, 1.54) is 11.2 Å². The number of pyridine rings is 1. The number of nitrogens with one attached hydrogen (secondary N) is 1. The van der Waals surface area contributed by atoms with Gasteiger partial charge in [-0.2, -0.15) is 18.3 Å². The molecule has 1 aliphatic heterocycles. The van der Waals surface area contributed by atoms with Crippen LogP contribution in [0.4, 0.5) is 19.0 Å². The summed E-state index contributed by atoms with van der Waals surface area (Å²) in [6, 6.07) is 13.8. The summed E-state index contributed by atoms with van der Waals surface area (Å²) in [7, 11) is 1.90. The Morgan fingerprint density at radius 3 is 2.58 bits per heavy atom. The summed E-state index contributed by atoms with van der Waals surface area (Å²) in [4.78, 5) is 14.7. The number of fused-ring (bicyclic) bond motifs is 1. The Morgan fingerprint density at radius 1 is 1.00 bits per heavy atom. The van der Waals surface area contributed by atoms with Crippen molar-refractivity contribution in [2.45, 2.75) is 12.7 Å². The average Bonchev–Trinajstić information content (AvgIpc) is 3.54. The van der Waals surface area contributed by atoms with Gasteiger partial charge in [-0.15, -0.1) is 0 Å². The molecule has 5 aromatic rings. The van der Waals surface area contributed by atoms with Gasteiger partial charge < -0.3 is 10.1 Å². The third-order valence-electron chi connectivity index (χ3n) is 6.80. The van der Waals surface area contributed by atoms with E-state index < -0.39 is 12.7 Å². The van der Waals surface area contributed by atoms with Crippen LogP contribution in [-0.4, -0.2) is 66.5 Å². The lowest BCUT2D eigenvalue weighted by Gasteiger charge is -2.39. The van der Waals surface area contributed by atoms with Crippen LogP contribution in [0.5, 0.6) is 5.75 Å². The lowest BCUT2D eigenvalue weighted by molar-refractivity contribution is -0.159. The molecule has 0 amide bonds. The van der Waals surface area contributed by atoms with Crippen molar-refractivity contribution in [1.29, 1.82) is 0 Å². The summed E-state index contributed by atoms with van der Waals surface area (Å²) in [6.07, 6.45) is 4.77. The fraction of sp³-hybridized carbons (Fsp3) is 0.286. The Bertz CT molecular complexity index is 1610. The second-order valence-corrected chi connectivity index (χ2v) is 9.96. The minimum atomic E-state index is -4.16. The van der Waals surface area contributed by atoms with Crippen molar-refractivity contribution in [3.8, 4) is 28.3 Å². The maximum Gasteiger partial charge on any atom is 0.401 e. The van der Waals surface area contributed by atoms with Crippen molar-refractivity contribution < 1.29 is 17.9 Å². The molecule has 206 valence electrons. The van der Waals surface area contributed by atoms with E-state index in [-0.39, 0.29) is 5.92 Å². The first-order valence-electron chi connectivity index (χ1n) is 12.8. The number of halogens is 3. The van der Waals surface area contributed by atoms with Crippen LogP contribution >= 0.6 is 0 Å². The molecular formula is C28H27F3N8O. The van der Waals surface area contributed by atoms with Gasteiger partial charge in [0.15, 0.2) is 0 Å². The lowest BCUT2D eigenvalue weighted by atomic mass is 10.0. The number of ether oxygens (including phenoxy) is 1. The van der Waals surface area contributed by atoms with Crippen molar-refractivity contribution in [1.82, 2.24) is 34.0 Å². The van der Waals surface area contributed by atoms with Crippen molar-refractivity contribution in [3.05, 3.63) is 79.1 Å². The molecule has 6 rings (SSSR count). The van der Waals surface area contributed by atoms with Gasteiger partial charge in [0, 0.05) is 62.7 Å². The molecule has 0 spiro atoms. The van der Waals surface area contributed by atoms with Gasteiger partial charge in [0.1, 0.15) is 23.5 Å². The molecule has 4 aromatic heterocycles. The first kappa shape index (κ1) is 25.8. The number of benzene rings is 1. The number of nitrogens with zero attached hydrogens (tertiary/aromatic N) is 7. The monoisotopic (exact) mass is 548 g/mol. The van der Waals surface area contributed by atoms with Crippen LogP contribution in [0.1, 0.15) is 5.56 Å². The molecule has 1 N–H and O–H groups in total. The Labute approximate surface area is 228 Å². The molecule has 0 saturated carbocycles. The quantitative estimate of drug-likeness (QED) is 0.286. The number of likely N-dealkylation sites (tertiary alicyclic amines) is 1. The van der Waals surface area contributed by atoms with Crippen molar-refractivity contribution in [2.75, 3.05) is 31.6 Å². The van der Waals surface area contributed by atoms with Gasteiger partial charge in [0.2, 0.25) is 0 Å². The van der Waals surface area contributed by atoms with Crippen LogP contribution in [0.3, 0.4) is 0 Å². The van der Waals surface area contributed by atoms with Crippen molar-refractivity contribution in [2.24, 2.45) is 13.0 Å². The van der Waals surface area contributed by atoms with Crippen molar-refractivity contribution >= 4 is 11.5 Å². The van der Waals surface area contributed by atoms with Gasteiger partial charge in [0.25, 0.3) is 0 Å². The molecule has 0 aliphatic carbocycles. The molecule has 1 saturated heterocycles. The molecule has 12 heteroatoms. The number of imidazole rings is 1. The fourth-order valence-electron chi connectivity index (χ4n) is 4.79. The van der Waals surface area contributed by atoms with E-state index in [1.807, 2.05) is 48.2 Å². The largest absolute Gasteiger partial charge is 0.493 e. The first-order chi connectivity index (χ1) is 19.3. The number of hydrogen-bond donors (Lipinski definition) is 1. The minimum absolute atomic E-state index is 0.0833. The van der Waals surface area contributed by atoms with Gasteiger partial charge in [-0.3, -0.25) is 14.0 Å². The van der Waals surface area contributed by atoms with Crippen LogP contribution in [0.15, 0.2) is 73.6 Å².